The van der Waals surface area contributed by atoms with Gasteiger partial charge in [-0.2, -0.15) is 0 Å². The van der Waals surface area contributed by atoms with Crippen molar-refractivity contribution in [3.05, 3.63) is 67.7 Å². The highest BCUT2D eigenvalue weighted by atomic mass is 16.6. The lowest BCUT2D eigenvalue weighted by atomic mass is 9.84. The molecule has 29 heavy (non-hydrogen) atoms. The first-order chi connectivity index (χ1) is 13.5. The summed E-state index contributed by atoms with van der Waals surface area (Å²) in [6.45, 7) is 5.96. The van der Waals surface area contributed by atoms with Crippen molar-refractivity contribution in [1.29, 1.82) is 0 Å². The van der Waals surface area contributed by atoms with Crippen LogP contribution in [0, 0.1) is 10.1 Å². The molecule has 1 heterocycles. The predicted octanol–water partition coefficient (Wildman–Crippen LogP) is 1.96. The number of hydrogen-bond donors (Lipinski definition) is 1. The van der Waals surface area contributed by atoms with Crippen molar-refractivity contribution in [3.63, 3.8) is 0 Å². The predicted molar refractivity (Wildman–Crippen MR) is 98.5 cm³/mol. The van der Waals surface area contributed by atoms with Gasteiger partial charge in [-0.3, -0.25) is 20.1 Å². The zero-order valence-corrected chi connectivity index (χ0v) is 16.5. The standard InChI is InChI=1S/C19H20N2O8/c1-9(2)29-19(24)15-11(4)20(25)10(3)14(18(23)28-5)16(15)12-7-6-8-13(17(12)22)21(26)27/h6-9,25H,1-5H3/b16-12-. The molecule has 0 aromatic heterocycles. The average Bonchev–Trinajstić information content (AvgIpc) is 2.64. The third kappa shape index (κ3) is 3.87. The Kier molecular flexibility index (Phi) is 6.18. The summed E-state index contributed by atoms with van der Waals surface area (Å²) in [5, 5.41) is 22.2. The van der Waals surface area contributed by atoms with Crippen LogP contribution in [0.25, 0.3) is 0 Å². The Labute approximate surface area is 166 Å². The number of ketones is 1. The minimum Gasteiger partial charge on any atom is -0.465 e. The van der Waals surface area contributed by atoms with E-state index in [1.54, 1.807) is 13.8 Å². The summed E-state index contributed by atoms with van der Waals surface area (Å²) in [5.74, 6) is -2.84. The molecule has 0 aromatic carbocycles. The summed E-state index contributed by atoms with van der Waals surface area (Å²) < 4.78 is 9.96. The lowest BCUT2D eigenvalue weighted by molar-refractivity contribution is -0.418. The maximum atomic E-state index is 12.8. The lowest BCUT2D eigenvalue weighted by Crippen LogP contribution is -2.32. The normalized spacial score (nSPS) is 19.6. The molecule has 10 heteroatoms. The third-order valence-corrected chi connectivity index (χ3v) is 4.26. The molecule has 1 aliphatic carbocycles. The van der Waals surface area contributed by atoms with Crippen LogP contribution in [-0.2, 0) is 23.9 Å². The molecule has 0 saturated heterocycles. The van der Waals surface area contributed by atoms with Gasteiger partial charge in [0.1, 0.15) is 0 Å². The van der Waals surface area contributed by atoms with Gasteiger partial charge in [-0.05, 0) is 33.8 Å². The van der Waals surface area contributed by atoms with E-state index in [1.807, 2.05) is 0 Å². The summed E-state index contributed by atoms with van der Waals surface area (Å²) in [6.07, 6.45) is 2.99. The molecular weight excluding hydrogens is 384 g/mol. The fraction of sp³-hybridized carbons (Fsp3) is 0.316. The molecule has 0 unspecified atom stereocenters. The Balaban J connectivity index is 2.89. The van der Waals surface area contributed by atoms with Crippen LogP contribution < -0.4 is 0 Å². The molecule has 0 saturated carbocycles. The van der Waals surface area contributed by atoms with E-state index in [-0.39, 0.29) is 33.7 Å². The van der Waals surface area contributed by atoms with Crippen LogP contribution in [0.15, 0.2) is 57.6 Å². The van der Waals surface area contributed by atoms with Gasteiger partial charge in [0.15, 0.2) is 0 Å². The number of allylic oxidation sites excluding steroid dienone is 6. The second-order valence-corrected chi connectivity index (χ2v) is 6.46. The summed E-state index contributed by atoms with van der Waals surface area (Å²) >= 11 is 0. The lowest BCUT2D eigenvalue weighted by Gasteiger charge is -2.31. The molecule has 2 rings (SSSR count). The molecule has 1 N–H and O–H groups in total. The Morgan fingerprint density at radius 2 is 1.72 bits per heavy atom. The van der Waals surface area contributed by atoms with Crippen molar-refractivity contribution in [2.45, 2.75) is 33.8 Å². The van der Waals surface area contributed by atoms with Crippen LogP contribution >= 0.6 is 0 Å². The van der Waals surface area contributed by atoms with Gasteiger partial charge in [0.05, 0.1) is 40.7 Å². The number of Topliss-reactive ketones (excluding diaryl/α,β-unsaturated/α-hetero) is 1. The largest absolute Gasteiger partial charge is 0.465 e. The first-order valence-corrected chi connectivity index (χ1v) is 8.55. The first-order valence-electron chi connectivity index (χ1n) is 8.55. The molecule has 0 spiro atoms. The number of carbonyl (C=O) groups is 3. The van der Waals surface area contributed by atoms with Crippen molar-refractivity contribution in [3.8, 4) is 0 Å². The Morgan fingerprint density at radius 3 is 2.21 bits per heavy atom. The van der Waals surface area contributed by atoms with Crippen LogP contribution in [0.4, 0.5) is 0 Å². The van der Waals surface area contributed by atoms with Gasteiger partial charge in [0.25, 0.3) is 5.78 Å². The minimum absolute atomic E-state index is 0.0123. The highest BCUT2D eigenvalue weighted by Crippen LogP contribution is 2.39. The summed E-state index contributed by atoms with van der Waals surface area (Å²) in [4.78, 5) is 48.4. The molecule has 0 fully saturated rings. The van der Waals surface area contributed by atoms with Crippen LogP contribution in [-0.4, -0.2) is 46.1 Å². The molecule has 0 atom stereocenters. The van der Waals surface area contributed by atoms with Gasteiger partial charge >= 0.3 is 17.6 Å². The maximum Gasteiger partial charge on any atom is 0.340 e. The number of ether oxygens (including phenoxy) is 2. The van der Waals surface area contributed by atoms with Crippen LogP contribution in [0.2, 0.25) is 0 Å². The zero-order chi connectivity index (χ0) is 22.0. The fourth-order valence-corrected chi connectivity index (χ4v) is 2.96. The van der Waals surface area contributed by atoms with Gasteiger partial charge in [0, 0.05) is 17.2 Å². The van der Waals surface area contributed by atoms with Gasteiger partial charge in [-0.1, -0.05) is 6.08 Å². The topological polar surface area (TPSA) is 136 Å². The number of methoxy groups -OCH3 is 1. The Morgan fingerprint density at radius 1 is 1.17 bits per heavy atom. The van der Waals surface area contributed by atoms with E-state index in [4.69, 9.17) is 9.47 Å². The van der Waals surface area contributed by atoms with E-state index < -0.39 is 34.4 Å². The number of esters is 2. The van der Waals surface area contributed by atoms with Gasteiger partial charge in [-0.25, -0.2) is 14.7 Å². The minimum atomic E-state index is -0.990. The van der Waals surface area contributed by atoms with E-state index >= 15 is 0 Å². The van der Waals surface area contributed by atoms with E-state index in [2.05, 4.69) is 0 Å². The van der Waals surface area contributed by atoms with Crippen molar-refractivity contribution in [1.82, 2.24) is 5.06 Å². The summed E-state index contributed by atoms with van der Waals surface area (Å²) in [6, 6.07) is 0. The zero-order valence-electron chi connectivity index (χ0n) is 16.5. The third-order valence-electron chi connectivity index (χ3n) is 4.26. The molecule has 0 bridgehead atoms. The summed E-state index contributed by atoms with van der Waals surface area (Å²) in [5.41, 5.74) is -1.77. The fourth-order valence-electron chi connectivity index (χ4n) is 2.96. The maximum absolute atomic E-state index is 12.8. The average molecular weight is 404 g/mol. The van der Waals surface area contributed by atoms with Crippen LogP contribution in [0.1, 0.15) is 27.7 Å². The molecule has 0 radical (unpaired) electrons. The molecule has 0 aromatic rings. The second-order valence-electron chi connectivity index (χ2n) is 6.46. The molecule has 0 amide bonds. The molecule has 154 valence electrons. The van der Waals surface area contributed by atoms with E-state index in [1.165, 1.54) is 26.0 Å². The molecule has 10 nitrogen and oxygen atoms in total. The van der Waals surface area contributed by atoms with Crippen LogP contribution in [0.5, 0.6) is 0 Å². The van der Waals surface area contributed by atoms with Crippen molar-refractivity contribution in [2.75, 3.05) is 7.11 Å². The number of hydrogen-bond acceptors (Lipinski definition) is 9. The molecular formula is C19H20N2O8. The second kappa shape index (κ2) is 8.23. The number of carbonyl (C=O) groups excluding carboxylic acids is 3. The quantitative estimate of drug-likeness (QED) is 0.323. The van der Waals surface area contributed by atoms with Crippen molar-refractivity contribution >= 4 is 17.7 Å². The van der Waals surface area contributed by atoms with E-state index in [0.717, 1.165) is 13.2 Å². The number of nitro groups is 1. The van der Waals surface area contributed by atoms with Crippen LogP contribution in [0.3, 0.4) is 0 Å². The SMILES string of the molecule is COC(=O)C1=C(C)N(O)C(C)=C(C(=O)OC(C)C)/C1=C1/C=CC=C([N+](=O)[O-])C1=O. The molecule has 1 aliphatic heterocycles. The summed E-state index contributed by atoms with van der Waals surface area (Å²) in [7, 11) is 1.09. The monoisotopic (exact) mass is 404 g/mol. The smallest absolute Gasteiger partial charge is 0.340 e. The first kappa shape index (κ1) is 21.8. The van der Waals surface area contributed by atoms with Crippen molar-refractivity contribution in [2.24, 2.45) is 0 Å². The highest BCUT2D eigenvalue weighted by Gasteiger charge is 2.40. The van der Waals surface area contributed by atoms with E-state index in [9.17, 15) is 29.7 Å². The Hall–Kier alpha value is -3.53. The number of nitrogens with zero attached hydrogens (tertiary/aromatic N) is 2. The molecule has 2 aliphatic rings. The number of rotatable bonds is 4. The van der Waals surface area contributed by atoms with E-state index in [0.29, 0.717) is 5.06 Å². The Bertz CT molecular complexity index is 963. The van der Waals surface area contributed by atoms with Gasteiger partial charge < -0.3 is 9.47 Å². The van der Waals surface area contributed by atoms with Gasteiger partial charge in [0.2, 0.25) is 0 Å². The highest BCUT2D eigenvalue weighted by molar-refractivity contribution is 6.16. The van der Waals surface area contributed by atoms with Crippen molar-refractivity contribution < 1.29 is 34.0 Å². The number of hydroxylamine groups is 2. The van der Waals surface area contributed by atoms with Gasteiger partial charge in [-0.15, -0.1) is 0 Å².